The maximum atomic E-state index is 8.36. The Balaban J connectivity index is 0. The van der Waals surface area contributed by atoms with Crippen molar-refractivity contribution in [2.24, 2.45) is 0 Å². The van der Waals surface area contributed by atoms with Gasteiger partial charge in [-0.2, -0.15) is 0 Å². The van der Waals surface area contributed by atoms with Crippen LogP contribution < -0.4 is 5.11 Å². The Bertz CT molecular complexity index is 26.5. The van der Waals surface area contributed by atoms with Gasteiger partial charge in [0.05, 0.1) is 0 Å². The van der Waals surface area contributed by atoms with E-state index < -0.39 is 6.47 Å². The van der Waals surface area contributed by atoms with Crippen LogP contribution in [-0.4, -0.2) is 18.1 Å². The summed E-state index contributed by atoms with van der Waals surface area (Å²) in [7, 11) is 0. The van der Waals surface area contributed by atoms with Gasteiger partial charge in [0.2, 0.25) is 0 Å². The molecule has 0 aromatic heterocycles. The highest BCUT2D eigenvalue weighted by molar-refractivity contribution is 5.32. The molecule has 6 heavy (non-hydrogen) atoms. The third-order valence-corrected chi connectivity index (χ3v) is 0. The van der Waals surface area contributed by atoms with Crippen molar-refractivity contribution in [2.45, 2.75) is 0 Å². The molecule has 0 aliphatic rings. The van der Waals surface area contributed by atoms with Crippen LogP contribution in [0.3, 0.4) is 0 Å². The molecule has 0 spiro atoms. The van der Waals surface area contributed by atoms with Crippen LogP contribution in [-0.2, 0) is 9.59 Å². The highest BCUT2D eigenvalue weighted by Gasteiger charge is 1.22. The van der Waals surface area contributed by atoms with E-state index in [0.29, 0.717) is 0 Å². The largest absolute Gasteiger partial charge is 0.554 e. The second-order valence-electron chi connectivity index (χ2n) is 0.202. The van der Waals surface area contributed by atoms with E-state index in [4.69, 9.17) is 19.8 Å². The van der Waals surface area contributed by atoms with E-state index in [0.717, 1.165) is 0 Å². The van der Waals surface area contributed by atoms with E-state index in [9.17, 15) is 0 Å². The number of hydrogen-bond acceptors (Lipinski definition) is 3. The van der Waals surface area contributed by atoms with E-state index >= 15 is 0 Å². The molecule has 0 aromatic carbocycles. The van der Waals surface area contributed by atoms with Crippen molar-refractivity contribution >= 4 is 12.9 Å². The summed E-state index contributed by atoms with van der Waals surface area (Å²) >= 11 is 0. The Morgan fingerprint density at radius 3 is 1.50 bits per heavy atom. The summed E-state index contributed by atoms with van der Waals surface area (Å²) < 4.78 is 0. The molecule has 1 N–H and O–H groups in total. The van der Waals surface area contributed by atoms with Crippen LogP contribution in [0.15, 0.2) is 0 Å². The van der Waals surface area contributed by atoms with Gasteiger partial charge in [0.15, 0.2) is 0 Å². The molecule has 0 atom stereocenters. The first kappa shape index (κ1) is 8.87. The predicted octanol–water partition coefficient (Wildman–Crippen LogP) is -1.93. The predicted molar refractivity (Wildman–Crippen MR) is 14.8 cm³/mol. The Labute approximate surface area is 34.0 Å². The van der Waals surface area contributed by atoms with E-state index in [1.807, 2.05) is 0 Å². The van der Waals surface area contributed by atoms with Gasteiger partial charge in [-0.05, 0) is 0 Å². The van der Waals surface area contributed by atoms with E-state index in [2.05, 4.69) is 0 Å². The molecule has 0 radical (unpaired) electrons. The van der Waals surface area contributed by atoms with Crippen LogP contribution in [0.25, 0.3) is 0 Å². The van der Waals surface area contributed by atoms with Gasteiger partial charge in [0.1, 0.15) is 0 Å². The molecule has 0 amide bonds. The lowest BCUT2D eigenvalue weighted by molar-refractivity contribution is -0.283. The number of hydrogen-bond donors (Lipinski definition) is 1. The van der Waals surface area contributed by atoms with Gasteiger partial charge in [0.25, 0.3) is 6.47 Å². The highest BCUT2D eigenvalue weighted by atomic mass is 16.3. The Kier molecular flexibility index (Phi) is 57.0. The van der Waals surface area contributed by atoms with Crippen LogP contribution in [0.2, 0.25) is 0 Å². The lowest BCUT2D eigenvalue weighted by Gasteiger charge is -1.52. The summed E-state index contributed by atoms with van der Waals surface area (Å²) in [5.74, 6) is 0. The fourth-order valence-corrected chi connectivity index (χ4v) is 0. The van der Waals surface area contributed by atoms with Gasteiger partial charge < -0.3 is 15.0 Å². The van der Waals surface area contributed by atoms with Gasteiger partial charge >= 0.3 is 0 Å². The van der Waals surface area contributed by atoms with E-state index in [1.165, 1.54) is 0 Å². The molecule has 0 fully saturated rings. The molecule has 0 heterocycles. The zero-order chi connectivity index (χ0) is 5.41. The molecule has 0 saturated carbocycles. The third kappa shape index (κ3) is 9.85. The van der Waals surface area contributed by atoms with Crippen LogP contribution in [0.4, 0.5) is 0 Å². The molecular formula is C2H3O4-. The SMILES string of the molecule is O=CO.O=C[O-]. The summed E-state index contributed by atoms with van der Waals surface area (Å²) in [6, 6.07) is 0. The third-order valence-electron chi connectivity index (χ3n) is 0. The summed E-state index contributed by atoms with van der Waals surface area (Å²) in [6.45, 7) is -0.750. The van der Waals surface area contributed by atoms with Gasteiger partial charge in [-0.3, -0.25) is 4.79 Å². The highest BCUT2D eigenvalue weighted by Crippen LogP contribution is 0.966. The summed E-state index contributed by atoms with van der Waals surface area (Å²) in [6.07, 6.45) is 0. The Hall–Kier alpha value is -1.06. The Morgan fingerprint density at radius 2 is 1.50 bits per heavy atom. The smallest absolute Gasteiger partial charge is 0.290 e. The van der Waals surface area contributed by atoms with Crippen molar-refractivity contribution in [2.75, 3.05) is 0 Å². The molecule has 0 saturated heterocycles. The van der Waals surface area contributed by atoms with Crippen molar-refractivity contribution in [3.8, 4) is 0 Å². The minimum Gasteiger partial charge on any atom is -0.554 e. The lowest BCUT2D eigenvalue weighted by atomic mass is 11.7. The van der Waals surface area contributed by atoms with Gasteiger partial charge in [-0.25, -0.2) is 0 Å². The first-order chi connectivity index (χ1) is 2.83. The zero-order valence-corrected chi connectivity index (χ0v) is 2.83. The van der Waals surface area contributed by atoms with Gasteiger partial charge in [-0.1, -0.05) is 0 Å². The maximum absolute atomic E-state index is 8.36. The first-order valence-corrected chi connectivity index (χ1v) is 0.965. The number of rotatable bonds is 0. The molecule has 0 unspecified atom stereocenters. The molecule has 36 valence electrons. The standard InChI is InChI=1S/2CH2O2/c2*2-1-3/h2*1H,(H,2,3)/p-1. The molecule has 0 aromatic rings. The summed E-state index contributed by atoms with van der Waals surface area (Å²) in [5, 5.41) is 15.1. The fourth-order valence-electron chi connectivity index (χ4n) is 0. The Morgan fingerprint density at radius 1 is 1.50 bits per heavy atom. The summed E-state index contributed by atoms with van der Waals surface area (Å²) in [4.78, 5) is 16.6. The molecule has 0 rings (SSSR count). The van der Waals surface area contributed by atoms with E-state index in [1.54, 1.807) is 0 Å². The van der Waals surface area contributed by atoms with Crippen LogP contribution in [0.1, 0.15) is 0 Å². The zero-order valence-electron chi connectivity index (χ0n) is 2.83. The average Bonchev–Trinajstić information content (AvgIpc) is 1.39. The lowest BCUT2D eigenvalue weighted by Crippen LogP contribution is -2.01. The van der Waals surface area contributed by atoms with Gasteiger partial charge in [-0.15, -0.1) is 0 Å². The maximum Gasteiger partial charge on any atom is 0.290 e. The molecule has 4 heteroatoms. The van der Waals surface area contributed by atoms with Crippen molar-refractivity contribution in [1.82, 2.24) is 0 Å². The number of carboxylic acid groups (broad SMARTS) is 2. The molecule has 0 aliphatic heterocycles. The van der Waals surface area contributed by atoms with Crippen molar-refractivity contribution in [3.05, 3.63) is 0 Å². The molecular weight excluding hydrogens is 88.0 g/mol. The van der Waals surface area contributed by atoms with Crippen LogP contribution in [0, 0.1) is 0 Å². The average molecular weight is 91.0 g/mol. The van der Waals surface area contributed by atoms with Crippen molar-refractivity contribution in [1.29, 1.82) is 0 Å². The number of carbonyl (C=O) groups excluding carboxylic acids is 1. The fraction of sp³-hybridized carbons (Fsp3) is 0. The number of carbonyl (C=O) groups is 2. The first-order valence-electron chi connectivity index (χ1n) is 0.965. The minimum absolute atomic E-state index is 0.250. The quantitative estimate of drug-likeness (QED) is 0.352. The monoisotopic (exact) mass is 91.0 g/mol. The van der Waals surface area contributed by atoms with Crippen LogP contribution >= 0.6 is 0 Å². The van der Waals surface area contributed by atoms with Crippen molar-refractivity contribution < 1.29 is 19.8 Å². The molecule has 0 aliphatic carbocycles. The van der Waals surface area contributed by atoms with Crippen LogP contribution in [0.5, 0.6) is 0 Å². The molecule has 0 bridgehead atoms. The van der Waals surface area contributed by atoms with E-state index in [-0.39, 0.29) is 6.47 Å². The topological polar surface area (TPSA) is 77.4 Å². The van der Waals surface area contributed by atoms with Crippen molar-refractivity contribution in [3.63, 3.8) is 0 Å². The van der Waals surface area contributed by atoms with Gasteiger partial charge in [0, 0.05) is 6.47 Å². The molecule has 4 nitrogen and oxygen atoms in total. The second kappa shape index (κ2) is 38.5. The minimum atomic E-state index is -0.500. The second-order valence-corrected chi connectivity index (χ2v) is 0.202. The summed E-state index contributed by atoms with van der Waals surface area (Å²) in [5.41, 5.74) is 0. The normalized spacial score (nSPS) is 4.00.